The van der Waals surface area contributed by atoms with Gasteiger partial charge in [-0.1, -0.05) is 24.6 Å². The molecule has 2 aromatic rings. The molecule has 1 atom stereocenters. The summed E-state index contributed by atoms with van der Waals surface area (Å²) in [7, 11) is -3.33. The molecule has 0 aromatic heterocycles. The Morgan fingerprint density at radius 1 is 1.19 bits per heavy atom. The van der Waals surface area contributed by atoms with Crippen molar-refractivity contribution in [2.75, 3.05) is 6.26 Å². The van der Waals surface area contributed by atoms with Crippen LogP contribution in [-0.4, -0.2) is 20.6 Å². The molecular weight excluding hydrogens is 388 g/mol. The van der Waals surface area contributed by atoms with E-state index in [1.54, 1.807) is 49.4 Å². The zero-order chi connectivity index (χ0) is 19.8. The van der Waals surface area contributed by atoms with E-state index >= 15 is 0 Å². The first-order chi connectivity index (χ1) is 12.7. The number of esters is 1. The Balaban J connectivity index is 1.94. The summed E-state index contributed by atoms with van der Waals surface area (Å²) >= 11 is 5.85. The van der Waals surface area contributed by atoms with Crippen LogP contribution in [0.5, 0.6) is 5.75 Å². The number of carbonyl (C=O) groups is 1. The molecule has 0 saturated heterocycles. The average Bonchev–Trinajstić information content (AvgIpc) is 2.96. The second kappa shape index (κ2) is 7.37. The van der Waals surface area contributed by atoms with Crippen LogP contribution in [0.4, 0.5) is 0 Å². The van der Waals surface area contributed by atoms with Gasteiger partial charge in [-0.25, -0.2) is 13.2 Å². The number of carbonyl (C=O) groups excluding carboxylic acids is 1. The molecule has 0 fully saturated rings. The number of hydrogen-bond donors (Lipinski definition) is 0. The highest BCUT2D eigenvalue weighted by atomic mass is 35.5. The van der Waals surface area contributed by atoms with Crippen LogP contribution in [0, 0.1) is 6.92 Å². The molecule has 0 radical (unpaired) electrons. The summed E-state index contributed by atoms with van der Waals surface area (Å²) in [5, 5.41) is 0.567. The van der Waals surface area contributed by atoms with Gasteiger partial charge >= 0.3 is 5.97 Å². The smallest absolute Gasteiger partial charge is 0.375 e. The summed E-state index contributed by atoms with van der Waals surface area (Å²) in [5.74, 6) is -0.00127. The van der Waals surface area contributed by atoms with Gasteiger partial charge in [0.25, 0.3) is 0 Å². The Hall–Kier alpha value is -2.31. The lowest BCUT2D eigenvalue weighted by Crippen LogP contribution is -2.09. The van der Waals surface area contributed by atoms with E-state index in [1.165, 1.54) is 6.26 Å². The van der Waals surface area contributed by atoms with Crippen molar-refractivity contribution in [1.29, 1.82) is 0 Å². The van der Waals surface area contributed by atoms with E-state index in [-0.39, 0.29) is 10.7 Å². The molecule has 7 heteroatoms. The molecule has 0 bridgehead atoms. The van der Waals surface area contributed by atoms with Gasteiger partial charge in [-0.05, 0) is 54.8 Å². The maximum atomic E-state index is 12.2. The van der Waals surface area contributed by atoms with Crippen molar-refractivity contribution in [1.82, 2.24) is 0 Å². The summed E-state index contributed by atoms with van der Waals surface area (Å²) in [4.78, 5) is 12.5. The minimum Gasteiger partial charge on any atom is -0.450 e. The van der Waals surface area contributed by atoms with E-state index in [1.807, 2.05) is 6.92 Å². The van der Waals surface area contributed by atoms with Gasteiger partial charge in [-0.3, -0.25) is 0 Å². The number of halogens is 1. The van der Waals surface area contributed by atoms with E-state index in [0.29, 0.717) is 22.8 Å². The lowest BCUT2D eigenvalue weighted by atomic mass is 9.98. The Morgan fingerprint density at radius 2 is 1.85 bits per heavy atom. The van der Waals surface area contributed by atoms with Crippen molar-refractivity contribution in [3.63, 3.8) is 0 Å². The molecule has 0 N–H and O–H groups in total. The van der Waals surface area contributed by atoms with Crippen molar-refractivity contribution in [3.8, 4) is 5.75 Å². The molecule has 0 amide bonds. The van der Waals surface area contributed by atoms with E-state index in [4.69, 9.17) is 21.1 Å². The average molecular weight is 407 g/mol. The third-order valence-electron chi connectivity index (χ3n) is 4.30. The summed E-state index contributed by atoms with van der Waals surface area (Å²) in [6.45, 7) is 3.65. The topological polar surface area (TPSA) is 69.7 Å². The minimum absolute atomic E-state index is 0.0919. The van der Waals surface area contributed by atoms with Gasteiger partial charge in [0, 0.05) is 22.9 Å². The number of cyclic esters (lactones) is 1. The Morgan fingerprint density at radius 3 is 2.44 bits per heavy atom. The number of benzene rings is 2. The first-order valence-electron chi connectivity index (χ1n) is 8.38. The van der Waals surface area contributed by atoms with E-state index in [2.05, 4.69) is 0 Å². The quantitative estimate of drug-likeness (QED) is 0.697. The first kappa shape index (κ1) is 19.5. The maximum Gasteiger partial charge on any atom is 0.375 e. The van der Waals surface area contributed by atoms with Gasteiger partial charge in [-0.15, -0.1) is 0 Å². The number of rotatable bonds is 5. The fraction of sp³-hybridized carbons (Fsp3) is 0.250. The standard InChI is InChI=1S/C20H19ClO5S/c1-4-13-10-19(27(3,23)24)12(2)9-16(13)17-11-18(20(22)26-17)25-15-7-5-14(21)6-8-15/h5-11,17H,4H2,1-3H3/t17-/m1/s1. The predicted octanol–water partition coefficient (Wildman–Crippen LogP) is 4.18. The Labute approximate surface area is 163 Å². The van der Waals surface area contributed by atoms with Crippen LogP contribution in [0.2, 0.25) is 5.02 Å². The summed E-state index contributed by atoms with van der Waals surface area (Å²) in [6.07, 6.45) is 2.77. The fourth-order valence-electron chi connectivity index (χ4n) is 2.99. The normalized spacial score (nSPS) is 16.8. The predicted molar refractivity (Wildman–Crippen MR) is 103 cm³/mol. The minimum atomic E-state index is -3.33. The number of aryl methyl sites for hydroxylation is 2. The molecule has 1 heterocycles. The van der Waals surface area contributed by atoms with Crippen LogP contribution < -0.4 is 4.74 Å². The largest absolute Gasteiger partial charge is 0.450 e. The highest BCUT2D eigenvalue weighted by Gasteiger charge is 2.31. The van der Waals surface area contributed by atoms with Crippen molar-refractivity contribution >= 4 is 27.4 Å². The molecule has 3 rings (SSSR count). The third kappa shape index (κ3) is 4.17. The van der Waals surface area contributed by atoms with Gasteiger partial charge in [0.05, 0.1) is 4.90 Å². The lowest BCUT2D eigenvalue weighted by molar-refractivity contribution is -0.141. The molecule has 5 nitrogen and oxygen atoms in total. The summed E-state index contributed by atoms with van der Waals surface area (Å²) in [6, 6.07) is 10.1. The molecule has 0 saturated carbocycles. The fourth-order valence-corrected chi connectivity index (χ4v) is 4.12. The third-order valence-corrected chi connectivity index (χ3v) is 5.79. The highest BCUT2D eigenvalue weighted by Crippen LogP contribution is 2.34. The number of sulfone groups is 1. The molecule has 0 spiro atoms. The molecule has 2 aromatic carbocycles. The van der Waals surface area contributed by atoms with Gasteiger partial charge < -0.3 is 9.47 Å². The summed E-state index contributed by atoms with van der Waals surface area (Å²) in [5.41, 5.74) is 2.18. The van der Waals surface area contributed by atoms with Crippen LogP contribution in [0.25, 0.3) is 0 Å². The zero-order valence-electron chi connectivity index (χ0n) is 15.2. The lowest BCUT2D eigenvalue weighted by Gasteiger charge is -2.16. The molecule has 0 aliphatic carbocycles. The van der Waals surface area contributed by atoms with Gasteiger partial charge in [0.1, 0.15) is 11.9 Å². The zero-order valence-corrected chi connectivity index (χ0v) is 16.7. The molecule has 142 valence electrons. The molecule has 27 heavy (non-hydrogen) atoms. The van der Waals surface area contributed by atoms with Crippen molar-refractivity contribution in [2.24, 2.45) is 0 Å². The SMILES string of the molecule is CCc1cc(S(C)(=O)=O)c(C)cc1[C@H]1C=C(Oc2ccc(Cl)cc2)C(=O)O1. The molecule has 0 unspecified atom stereocenters. The first-order valence-corrected chi connectivity index (χ1v) is 10.7. The summed E-state index contributed by atoms with van der Waals surface area (Å²) < 4.78 is 35.0. The van der Waals surface area contributed by atoms with Crippen molar-refractivity contribution < 1.29 is 22.7 Å². The van der Waals surface area contributed by atoms with E-state index in [0.717, 1.165) is 11.1 Å². The van der Waals surface area contributed by atoms with Gasteiger partial charge in [-0.2, -0.15) is 0 Å². The Bertz CT molecular complexity index is 1020. The molecule has 1 aliphatic rings. The van der Waals surface area contributed by atoms with Crippen molar-refractivity contribution in [2.45, 2.75) is 31.3 Å². The monoisotopic (exact) mass is 406 g/mol. The van der Waals surface area contributed by atoms with Crippen LogP contribution >= 0.6 is 11.6 Å². The number of ether oxygens (including phenoxy) is 2. The van der Waals surface area contributed by atoms with Crippen LogP contribution in [0.3, 0.4) is 0 Å². The van der Waals surface area contributed by atoms with Gasteiger partial charge in [0.2, 0.25) is 5.76 Å². The maximum absolute atomic E-state index is 12.2. The molecule has 1 aliphatic heterocycles. The van der Waals surface area contributed by atoms with E-state index < -0.39 is 21.9 Å². The second-order valence-corrected chi connectivity index (χ2v) is 8.78. The van der Waals surface area contributed by atoms with Gasteiger partial charge in [0.15, 0.2) is 9.84 Å². The highest BCUT2D eigenvalue weighted by molar-refractivity contribution is 7.90. The van der Waals surface area contributed by atoms with Crippen LogP contribution in [-0.2, 0) is 25.8 Å². The molecular formula is C20H19ClO5S. The van der Waals surface area contributed by atoms with Crippen LogP contribution in [0.15, 0.2) is 53.1 Å². The second-order valence-electron chi connectivity index (χ2n) is 6.36. The van der Waals surface area contributed by atoms with Crippen LogP contribution in [0.1, 0.15) is 29.7 Å². The number of hydrogen-bond acceptors (Lipinski definition) is 5. The van der Waals surface area contributed by atoms with E-state index in [9.17, 15) is 13.2 Å². The van der Waals surface area contributed by atoms with Crippen molar-refractivity contribution in [3.05, 3.63) is 69.9 Å². The Kier molecular flexibility index (Phi) is 5.31.